The lowest BCUT2D eigenvalue weighted by Gasteiger charge is -2.13. The monoisotopic (exact) mass is 392 g/mol. The molecule has 0 atom stereocenters. The normalized spacial score (nSPS) is 11.4. The molecule has 0 spiro atoms. The van der Waals surface area contributed by atoms with Crippen molar-refractivity contribution in [3.05, 3.63) is 65.5 Å². The van der Waals surface area contributed by atoms with Crippen molar-refractivity contribution >= 4 is 16.3 Å². The summed E-state index contributed by atoms with van der Waals surface area (Å²) in [5.74, 6) is -1.89. The Morgan fingerprint density at radius 3 is 2.48 bits per heavy atom. The van der Waals surface area contributed by atoms with E-state index in [1.165, 1.54) is 25.3 Å². The number of hydrogen-bond acceptors (Lipinski definition) is 5. The van der Waals surface area contributed by atoms with Crippen LogP contribution in [0.25, 0.3) is 11.3 Å². The molecule has 3 aromatic rings. The van der Waals surface area contributed by atoms with E-state index < -0.39 is 21.7 Å². The van der Waals surface area contributed by atoms with Gasteiger partial charge in [0.25, 0.3) is 10.0 Å². The van der Waals surface area contributed by atoms with Crippen LogP contribution in [0.1, 0.15) is 16.2 Å². The molecule has 0 unspecified atom stereocenters. The zero-order valence-corrected chi connectivity index (χ0v) is 15.1. The van der Waals surface area contributed by atoms with Crippen molar-refractivity contribution in [3.8, 4) is 17.0 Å². The van der Waals surface area contributed by atoms with Crippen molar-refractivity contribution in [1.82, 2.24) is 8.96 Å². The highest BCUT2D eigenvalue weighted by Gasteiger charge is 2.30. The van der Waals surface area contributed by atoms with Crippen molar-refractivity contribution in [2.75, 3.05) is 7.11 Å². The molecule has 27 heavy (non-hydrogen) atoms. The van der Waals surface area contributed by atoms with Crippen LogP contribution in [0.4, 0.5) is 8.78 Å². The third-order valence-corrected chi connectivity index (χ3v) is 5.47. The molecule has 6 nitrogen and oxygen atoms in total. The van der Waals surface area contributed by atoms with Crippen LogP contribution in [0, 0.1) is 18.6 Å². The maximum absolute atomic E-state index is 14.4. The second-order valence-electron chi connectivity index (χ2n) is 5.61. The number of ether oxygens (including phenoxy) is 1. The fourth-order valence-corrected chi connectivity index (χ4v) is 4.16. The Labute approximate surface area is 154 Å². The second kappa shape index (κ2) is 6.92. The Hall–Kier alpha value is -3.07. The highest BCUT2D eigenvalue weighted by molar-refractivity contribution is 7.90. The van der Waals surface area contributed by atoms with Crippen LogP contribution in [-0.2, 0) is 10.0 Å². The number of methoxy groups -OCH3 is 1. The average molecular weight is 392 g/mol. The summed E-state index contributed by atoms with van der Waals surface area (Å²) in [5, 5.41) is -0.326. The van der Waals surface area contributed by atoms with Crippen LogP contribution in [0.5, 0.6) is 5.75 Å². The van der Waals surface area contributed by atoms with Gasteiger partial charge in [-0.1, -0.05) is 6.07 Å². The van der Waals surface area contributed by atoms with E-state index in [4.69, 9.17) is 4.74 Å². The van der Waals surface area contributed by atoms with Crippen LogP contribution in [0.2, 0.25) is 0 Å². The molecule has 0 saturated heterocycles. The van der Waals surface area contributed by atoms with Crippen molar-refractivity contribution in [1.29, 1.82) is 0 Å². The quantitative estimate of drug-likeness (QED) is 0.623. The number of rotatable bonds is 5. The molecular formula is C18H14F2N2O4S. The maximum Gasteiger partial charge on any atom is 0.286 e. The van der Waals surface area contributed by atoms with E-state index in [9.17, 15) is 22.0 Å². The van der Waals surface area contributed by atoms with Crippen molar-refractivity contribution in [3.63, 3.8) is 0 Å². The Morgan fingerprint density at radius 2 is 1.89 bits per heavy atom. The number of aldehydes is 1. The summed E-state index contributed by atoms with van der Waals surface area (Å²) in [7, 11) is -3.12. The van der Waals surface area contributed by atoms with E-state index in [1.807, 2.05) is 0 Å². The largest absolute Gasteiger partial charge is 0.494 e. The first-order chi connectivity index (χ1) is 12.8. The molecule has 9 heteroatoms. The molecule has 140 valence electrons. The van der Waals surface area contributed by atoms with E-state index in [0.29, 0.717) is 22.0 Å². The van der Waals surface area contributed by atoms with Gasteiger partial charge >= 0.3 is 0 Å². The summed E-state index contributed by atoms with van der Waals surface area (Å²) in [6.45, 7) is 1.61. The fraction of sp³-hybridized carbons (Fsp3) is 0.111. The SMILES string of the molecule is COc1cc(C=O)n(S(=O)(=O)c2cccc(C)n2)c1-c1ccc(F)cc1F. The van der Waals surface area contributed by atoms with E-state index in [2.05, 4.69) is 4.98 Å². The van der Waals surface area contributed by atoms with Gasteiger partial charge in [0.1, 0.15) is 28.8 Å². The van der Waals surface area contributed by atoms with Crippen molar-refractivity contribution in [2.24, 2.45) is 0 Å². The summed E-state index contributed by atoms with van der Waals surface area (Å²) >= 11 is 0. The number of carbonyl (C=O) groups excluding carboxylic acids is 1. The Kier molecular flexibility index (Phi) is 4.79. The van der Waals surface area contributed by atoms with Crippen molar-refractivity contribution in [2.45, 2.75) is 11.9 Å². The van der Waals surface area contributed by atoms with Gasteiger partial charge < -0.3 is 4.74 Å². The lowest BCUT2D eigenvalue weighted by Crippen LogP contribution is -2.18. The first-order valence-corrected chi connectivity index (χ1v) is 9.13. The molecule has 0 aliphatic rings. The third kappa shape index (κ3) is 3.21. The molecule has 0 amide bonds. The molecular weight excluding hydrogens is 378 g/mol. The summed E-state index contributed by atoms with van der Waals surface area (Å²) in [6.07, 6.45) is 0.306. The molecule has 2 heterocycles. The number of nitrogens with zero attached hydrogens (tertiary/aromatic N) is 2. The number of carbonyl (C=O) groups is 1. The zero-order chi connectivity index (χ0) is 19.8. The van der Waals surface area contributed by atoms with Gasteiger partial charge in [-0.25, -0.2) is 17.7 Å². The minimum Gasteiger partial charge on any atom is -0.494 e. The van der Waals surface area contributed by atoms with E-state index >= 15 is 0 Å². The topological polar surface area (TPSA) is 78.3 Å². The summed E-state index contributed by atoms with van der Waals surface area (Å²) < 4.78 is 59.8. The number of aromatic nitrogens is 2. The molecule has 0 N–H and O–H groups in total. The van der Waals surface area contributed by atoms with Gasteiger partial charge in [-0.2, -0.15) is 8.42 Å². The van der Waals surface area contributed by atoms with Gasteiger partial charge in [-0.3, -0.25) is 4.79 Å². The van der Waals surface area contributed by atoms with E-state index in [-0.39, 0.29) is 27.7 Å². The third-order valence-electron chi connectivity index (χ3n) is 3.84. The van der Waals surface area contributed by atoms with Gasteiger partial charge in [0.05, 0.1) is 7.11 Å². The highest BCUT2D eigenvalue weighted by atomic mass is 32.2. The molecule has 0 aliphatic carbocycles. The second-order valence-corrected chi connectivity index (χ2v) is 7.35. The first-order valence-electron chi connectivity index (χ1n) is 7.69. The van der Waals surface area contributed by atoms with Gasteiger partial charge in [-0.15, -0.1) is 0 Å². The molecule has 2 aromatic heterocycles. The molecule has 0 saturated carbocycles. The molecule has 0 radical (unpaired) electrons. The average Bonchev–Trinajstić information content (AvgIpc) is 3.01. The summed E-state index contributed by atoms with van der Waals surface area (Å²) in [5.41, 5.74) is -0.316. The molecule has 0 fully saturated rings. The van der Waals surface area contributed by atoms with Crippen LogP contribution >= 0.6 is 0 Å². The highest BCUT2D eigenvalue weighted by Crippen LogP contribution is 2.37. The molecule has 0 aliphatic heterocycles. The maximum atomic E-state index is 14.4. The Balaban J connectivity index is 2.39. The standard InChI is InChI=1S/C18H14F2N2O4S/c1-11-4-3-5-17(21-11)27(24,25)22-13(10-23)9-16(26-2)18(22)14-7-6-12(19)8-15(14)20/h3-10H,1-2H3. The number of hydrogen-bond donors (Lipinski definition) is 0. The van der Waals surface area contributed by atoms with Crippen molar-refractivity contribution < 1.29 is 26.7 Å². The summed E-state index contributed by atoms with van der Waals surface area (Å²) in [6, 6.07) is 8.20. The number of aryl methyl sites for hydroxylation is 1. The minimum absolute atomic E-state index is 0.0566. The number of pyridine rings is 1. The fourth-order valence-electron chi connectivity index (χ4n) is 2.67. The van der Waals surface area contributed by atoms with Crippen LogP contribution in [0.15, 0.2) is 47.5 Å². The minimum atomic E-state index is -4.37. The molecule has 0 bridgehead atoms. The zero-order valence-electron chi connectivity index (χ0n) is 14.3. The molecule has 1 aromatic carbocycles. The van der Waals surface area contributed by atoms with Gasteiger partial charge in [-0.05, 0) is 31.2 Å². The van der Waals surface area contributed by atoms with E-state index in [0.717, 1.165) is 12.1 Å². The van der Waals surface area contributed by atoms with Crippen LogP contribution in [0.3, 0.4) is 0 Å². The van der Waals surface area contributed by atoms with Gasteiger partial charge in [0, 0.05) is 23.4 Å². The lowest BCUT2D eigenvalue weighted by molar-refractivity contribution is 0.111. The Morgan fingerprint density at radius 1 is 1.15 bits per heavy atom. The van der Waals surface area contributed by atoms with Crippen LogP contribution < -0.4 is 4.74 Å². The predicted molar refractivity (Wildman–Crippen MR) is 93.3 cm³/mol. The van der Waals surface area contributed by atoms with Crippen LogP contribution in [-0.4, -0.2) is 30.8 Å². The molecule has 3 rings (SSSR count). The van der Waals surface area contributed by atoms with Gasteiger partial charge in [0.2, 0.25) is 0 Å². The first kappa shape index (κ1) is 18.7. The predicted octanol–water partition coefficient (Wildman–Crippen LogP) is 3.19. The smallest absolute Gasteiger partial charge is 0.286 e. The number of benzene rings is 1. The Bertz CT molecular complexity index is 1140. The number of halogens is 2. The van der Waals surface area contributed by atoms with Gasteiger partial charge in [0.15, 0.2) is 11.3 Å². The lowest BCUT2D eigenvalue weighted by atomic mass is 10.1. The summed E-state index contributed by atoms with van der Waals surface area (Å²) in [4.78, 5) is 15.5. The van der Waals surface area contributed by atoms with E-state index in [1.54, 1.807) is 13.0 Å².